The molecule has 0 bridgehead atoms. The van der Waals surface area contributed by atoms with Crippen LogP contribution in [0.5, 0.6) is 5.88 Å². The van der Waals surface area contributed by atoms with Gasteiger partial charge in [-0.25, -0.2) is 14.8 Å². The van der Waals surface area contributed by atoms with Gasteiger partial charge in [0.25, 0.3) is 0 Å². The summed E-state index contributed by atoms with van der Waals surface area (Å²) < 4.78 is 9.65. The van der Waals surface area contributed by atoms with Crippen molar-refractivity contribution < 1.29 is 14.6 Å². The number of hydrogen-bond acceptors (Lipinski definition) is 9. The molecule has 4 aromatic rings. The molecule has 1 atom stereocenters. The number of anilines is 2. The van der Waals surface area contributed by atoms with Crippen LogP contribution in [0, 0.1) is 24.7 Å². The van der Waals surface area contributed by atoms with Crippen molar-refractivity contribution in [3.05, 3.63) is 89.1 Å². The van der Waals surface area contributed by atoms with E-state index in [1.807, 2.05) is 18.2 Å². The van der Waals surface area contributed by atoms with Crippen LogP contribution in [0.2, 0.25) is 0 Å². The lowest BCUT2D eigenvalue weighted by Gasteiger charge is -2.28. The van der Waals surface area contributed by atoms with Crippen LogP contribution >= 0.6 is 11.9 Å². The zero-order chi connectivity index (χ0) is 35.1. The fraction of sp³-hybridized carbons (Fsp3) is 0.421. The van der Waals surface area contributed by atoms with Gasteiger partial charge in [0.05, 0.1) is 17.0 Å². The molecule has 10 heteroatoms. The molecule has 0 saturated carbocycles. The summed E-state index contributed by atoms with van der Waals surface area (Å²) in [5, 5.41) is 13.1. The largest absolute Gasteiger partial charge is 0.478 e. The van der Waals surface area contributed by atoms with E-state index < -0.39 is 5.97 Å². The molecule has 0 fully saturated rings. The zero-order valence-electron chi connectivity index (χ0n) is 29.7. The predicted octanol–water partition coefficient (Wildman–Crippen LogP) is 8.43. The normalized spacial score (nSPS) is 12.4. The fourth-order valence-electron chi connectivity index (χ4n) is 5.62. The summed E-state index contributed by atoms with van der Waals surface area (Å²) in [5.74, 6) is 0.808. The Labute approximate surface area is 290 Å². The smallest absolute Gasteiger partial charge is 0.335 e. The molecule has 3 N–H and O–H groups in total. The third-order valence-corrected chi connectivity index (χ3v) is 8.31. The Kier molecular flexibility index (Phi) is 12.1. The van der Waals surface area contributed by atoms with Crippen molar-refractivity contribution in [3.63, 3.8) is 0 Å². The van der Waals surface area contributed by atoms with E-state index in [-0.39, 0.29) is 22.4 Å². The molecule has 0 aliphatic heterocycles. The standard InChI is InChI=1S/C38H50N6O3S/c1-25-13-10-14-26(2)34(25)31-20-33(42-36(41-31)43-48-30-17-11-15-27(19-30)35(45)46)47-23-29(21-37(3,4)5)39-22-28-16-12-18-32(40-28)44(9)24-38(6,7)8/h10-20,29,39H,21-24H2,1-9H3,(H,45,46)(H,41,42,43)/t29-/m1/s1. The maximum atomic E-state index is 11.5. The fourth-order valence-corrected chi connectivity index (χ4v) is 6.26. The van der Waals surface area contributed by atoms with Crippen LogP contribution in [0.15, 0.2) is 71.6 Å². The summed E-state index contributed by atoms with van der Waals surface area (Å²) in [6.07, 6.45) is 0.881. The Hall–Kier alpha value is -4.15. The molecule has 2 heterocycles. The van der Waals surface area contributed by atoms with E-state index in [9.17, 15) is 9.90 Å². The third-order valence-electron chi connectivity index (χ3n) is 7.54. The molecule has 48 heavy (non-hydrogen) atoms. The van der Waals surface area contributed by atoms with E-state index in [0.717, 1.165) is 51.8 Å². The van der Waals surface area contributed by atoms with Crippen molar-refractivity contribution in [1.82, 2.24) is 20.3 Å². The molecule has 0 aliphatic rings. The highest BCUT2D eigenvalue weighted by Gasteiger charge is 2.21. The second-order valence-electron chi connectivity index (χ2n) is 14.8. The number of carbonyl (C=O) groups is 1. The molecule has 0 unspecified atom stereocenters. The minimum Gasteiger partial charge on any atom is -0.478 e. The minimum atomic E-state index is -0.976. The molecule has 2 aromatic carbocycles. The maximum absolute atomic E-state index is 11.5. The van der Waals surface area contributed by atoms with Crippen LogP contribution in [0.25, 0.3) is 11.3 Å². The summed E-state index contributed by atoms with van der Waals surface area (Å²) >= 11 is 1.25. The first-order valence-corrected chi connectivity index (χ1v) is 17.1. The number of carboxylic acid groups (broad SMARTS) is 1. The third kappa shape index (κ3) is 11.2. The molecular weight excluding hydrogens is 621 g/mol. The van der Waals surface area contributed by atoms with E-state index in [1.165, 1.54) is 11.9 Å². The summed E-state index contributed by atoms with van der Waals surface area (Å²) in [5.41, 5.74) is 5.39. The molecule has 4 rings (SSSR count). The molecule has 0 spiro atoms. The van der Waals surface area contributed by atoms with Crippen molar-refractivity contribution >= 4 is 29.7 Å². The predicted molar refractivity (Wildman–Crippen MR) is 197 cm³/mol. The SMILES string of the molecule is Cc1cccc(C)c1-c1cc(OC[C@@H](CC(C)(C)C)NCc2cccc(N(C)CC(C)(C)C)n2)nc(NSc2cccc(C(=O)O)c2)n1. The number of nitrogens with one attached hydrogen (secondary N) is 2. The second-order valence-corrected chi connectivity index (χ2v) is 15.7. The van der Waals surface area contributed by atoms with Crippen LogP contribution in [-0.2, 0) is 6.54 Å². The van der Waals surface area contributed by atoms with Gasteiger partial charge >= 0.3 is 5.97 Å². The summed E-state index contributed by atoms with van der Waals surface area (Å²) in [6, 6.07) is 21.0. The highest BCUT2D eigenvalue weighted by Crippen LogP contribution is 2.31. The Bertz CT molecular complexity index is 1680. The highest BCUT2D eigenvalue weighted by molar-refractivity contribution is 8.00. The summed E-state index contributed by atoms with van der Waals surface area (Å²) in [6.45, 7) is 19.4. The lowest BCUT2D eigenvalue weighted by Crippen LogP contribution is -2.38. The van der Waals surface area contributed by atoms with Crippen LogP contribution in [0.3, 0.4) is 0 Å². The molecule has 0 saturated heterocycles. The summed E-state index contributed by atoms with van der Waals surface area (Å²) in [4.78, 5) is 28.9. The van der Waals surface area contributed by atoms with Crippen molar-refractivity contribution in [2.75, 3.05) is 29.8 Å². The first-order valence-electron chi connectivity index (χ1n) is 16.3. The van der Waals surface area contributed by atoms with Gasteiger partial charge in [-0.15, -0.1) is 0 Å². The van der Waals surface area contributed by atoms with Crippen LogP contribution in [0.1, 0.15) is 75.1 Å². The van der Waals surface area contributed by atoms with Crippen molar-refractivity contribution in [3.8, 4) is 17.1 Å². The van der Waals surface area contributed by atoms with Crippen LogP contribution in [-0.4, -0.2) is 52.3 Å². The van der Waals surface area contributed by atoms with Gasteiger partial charge in [-0.3, -0.25) is 4.72 Å². The number of aryl methyl sites for hydroxylation is 2. The maximum Gasteiger partial charge on any atom is 0.335 e. The van der Waals surface area contributed by atoms with Gasteiger partial charge < -0.3 is 20.1 Å². The van der Waals surface area contributed by atoms with Crippen molar-refractivity contribution in [2.45, 2.75) is 79.3 Å². The highest BCUT2D eigenvalue weighted by atomic mass is 32.2. The van der Waals surface area contributed by atoms with Crippen molar-refractivity contribution in [1.29, 1.82) is 0 Å². The Morgan fingerprint density at radius 3 is 2.27 bits per heavy atom. The molecule has 0 radical (unpaired) electrons. The molecule has 0 amide bonds. The first kappa shape index (κ1) is 36.7. The number of rotatable bonds is 14. The number of pyridine rings is 1. The number of ether oxygens (including phenoxy) is 1. The van der Waals surface area contributed by atoms with Gasteiger partial charge in [0.2, 0.25) is 11.8 Å². The average Bonchev–Trinajstić information content (AvgIpc) is 3.00. The van der Waals surface area contributed by atoms with Crippen LogP contribution in [0.4, 0.5) is 11.8 Å². The van der Waals surface area contributed by atoms with Gasteiger partial charge in [-0.1, -0.05) is 71.9 Å². The van der Waals surface area contributed by atoms with E-state index >= 15 is 0 Å². The van der Waals surface area contributed by atoms with E-state index in [4.69, 9.17) is 19.7 Å². The Morgan fingerprint density at radius 2 is 1.60 bits per heavy atom. The van der Waals surface area contributed by atoms with E-state index in [0.29, 0.717) is 25.0 Å². The molecule has 2 aromatic heterocycles. The number of aromatic nitrogens is 3. The van der Waals surface area contributed by atoms with Gasteiger partial charge in [-0.05, 0) is 84.5 Å². The van der Waals surface area contributed by atoms with Gasteiger partial charge in [0.15, 0.2) is 0 Å². The average molecular weight is 671 g/mol. The lowest BCUT2D eigenvalue weighted by atomic mass is 9.88. The van der Waals surface area contributed by atoms with E-state index in [1.54, 1.807) is 18.2 Å². The Morgan fingerprint density at radius 1 is 0.917 bits per heavy atom. The molecule has 9 nitrogen and oxygen atoms in total. The van der Waals surface area contributed by atoms with Gasteiger partial charge in [0.1, 0.15) is 12.4 Å². The van der Waals surface area contributed by atoms with Gasteiger partial charge in [0, 0.05) is 42.7 Å². The zero-order valence-corrected chi connectivity index (χ0v) is 30.5. The van der Waals surface area contributed by atoms with Crippen LogP contribution < -0.4 is 19.7 Å². The Balaban J connectivity index is 1.55. The number of benzene rings is 2. The quantitative estimate of drug-likeness (QED) is 0.113. The summed E-state index contributed by atoms with van der Waals surface area (Å²) in [7, 11) is 2.09. The number of aromatic carboxylic acids is 1. The molecular formula is C38H50N6O3S. The molecule has 256 valence electrons. The topological polar surface area (TPSA) is 112 Å². The van der Waals surface area contributed by atoms with Gasteiger partial charge in [-0.2, -0.15) is 4.98 Å². The first-order chi connectivity index (χ1) is 22.6. The molecule has 0 aliphatic carbocycles. The number of nitrogens with zero attached hydrogens (tertiary/aromatic N) is 4. The lowest BCUT2D eigenvalue weighted by molar-refractivity contribution is 0.0696. The van der Waals surface area contributed by atoms with E-state index in [2.05, 4.69) is 108 Å². The minimum absolute atomic E-state index is 0.0333. The van der Waals surface area contributed by atoms with Crippen molar-refractivity contribution in [2.24, 2.45) is 10.8 Å². The second kappa shape index (κ2) is 15.8. The number of hydrogen-bond donors (Lipinski definition) is 3. The number of carboxylic acids is 1. The monoisotopic (exact) mass is 670 g/mol.